The van der Waals surface area contributed by atoms with Crippen LogP contribution in [0.5, 0.6) is 0 Å². The summed E-state index contributed by atoms with van der Waals surface area (Å²) in [5.74, 6) is 0. The third kappa shape index (κ3) is 1.11. The van der Waals surface area contributed by atoms with Crippen molar-refractivity contribution in [2.75, 3.05) is 13.1 Å². The van der Waals surface area contributed by atoms with Gasteiger partial charge in [-0.2, -0.15) is 0 Å². The Kier molecular flexibility index (Phi) is 1.66. The van der Waals surface area contributed by atoms with Crippen LogP contribution in [0, 0.1) is 0 Å². The van der Waals surface area contributed by atoms with Gasteiger partial charge < -0.3 is 0 Å². The predicted molar refractivity (Wildman–Crippen MR) is 53.7 cm³/mol. The number of rotatable bonds is 0. The van der Waals surface area contributed by atoms with E-state index >= 15 is 0 Å². The molecule has 1 aromatic rings. The molecule has 0 amide bonds. The van der Waals surface area contributed by atoms with Crippen LogP contribution in [-0.4, -0.2) is 18.0 Å². The van der Waals surface area contributed by atoms with Crippen LogP contribution in [0.2, 0.25) is 0 Å². The lowest BCUT2D eigenvalue weighted by Crippen LogP contribution is -2.30. The molecule has 0 saturated carbocycles. The Morgan fingerprint density at radius 1 is 1.15 bits per heavy atom. The maximum absolute atomic E-state index is 2.64. The van der Waals surface area contributed by atoms with Crippen LogP contribution >= 0.6 is 0 Å². The fourth-order valence-corrected chi connectivity index (χ4v) is 2.80. The molecule has 1 fully saturated rings. The minimum absolute atomic E-state index is 0.755. The average Bonchev–Trinajstić information content (AvgIpc) is 2.65. The lowest BCUT2D eigenvalue weighted by atomic mass is 9.93. The summed E-state index contributed by atoms with van der Waals surface area (Å²) >= 11 is 0. The maximum Gasteiger partial charge on any atom is 0.0351 e. The van der Waals surface area contributed by atoms with Crippen LogP contribution in [0.15, 0.2) is 24.3 Å². The molecule has 1 aromatic carbocycles. The van der Waals surface area contributed by atoms with Gasteiger partial charge in [-0.05, 0) is 36.9 Å². The maximum atomic E-state index is 2.64. The minimum Gasteiger partial charge on any atom is -0.296 e. The molecule has 0 spiro atoms. The van der Waals surface area contributed by atoms with E-state index in [1.54, 1.807) is 11.1 Å². The zero-order valence-corrected chi connectivity index (χ0v) is 7.87. The lowest BCUT2D eigenvalue weighted by Gasteiger charge is -2.31. The number of nitrogens with zero attached hydrogens (tertiary/aromatic N) is 1. The van der Waals surface area contributed by atoms with Crippen molar-refractivity contribution in [2.45, 2.75) is 25.3 Å². The van der Waals surface area contributed by atoms with Crippen molar-refractivity contribution in [3.05, 3.63) is 35.4 Å². The average molecular weight is 173 g/mol. The molecule has 2 heterocycles. The van der Waals surface area contributed by atoms with Crippen molar-refractivity contribution >= 4 is 0 Å². The molecule has 0 aliphatic carbocycles. The molecule has 2 aliphatic heterocycles. The Morgan fingerprint density at radius 2 is 2.08 bits per heavy atom. The molecule has 2 aliphatic rings. The highest BCUT2D eigenvalue weighted by molar-refractivity contribution is 5.33. The van der Waals surface area contributed by atoms with E-state index in [-0.39, 0.29) is 0 Å². The van der Waals surface area contributed by atoms with Crippen LogP contribution in [0.25, 0.3) is 0 Å². The van der Waals surface area contributed by atoms with Gasteiger partial charge in [0.05, 0.1) is 0 Å². The molecule has 13 heavy (non-hydrogen) atoms. The molecule has 1 nitrogen and oxygen atoms in total. The molecule has 68 valence electrons. The van der Waals surface area contributed by atoms with Gasteiger partial charge >= 0.3 is 0 Å². The molecule has 0 aromatic heterocycles. The van der Waals surface area contributed by atoms with E-state index in [0.717, 1.165) is 6.04 Å². The minimum atomic E-state index is 0.755. The Hall–Kier alpha value is -0.820. The molecule has 1 atom stereocenters. The van der Waals surface area contributed by atoms with Crippen molar-refractivity contribution in [2.24, 2.45) is 0 Å². The van der Waals surface area contributed by atoms with E-state index in [9.17, 15) is 0 Å². The summed E-state index contributed by atoms with van der Waals surface area (Å²) in [5, 5.41) is 0. The molecule has 0 bridgehead atoms. The molecule has 1 saturated heterocycles. The monoisotopic (exact) mass is 173 g/mol. The summed E-state index contributed by atoms with van der Waals surface area (Å²) in [4.78, 5) is 2.64. The first kappa shape index (κ1) is 7.57. The Bertz CT molecular complexity index is 319. The molecule has 3 rings (SSSR count). The molecule has 0 N–H and O–H groups in total. The van der Waals surface area contributed by atoms with Gasteiger partial charge in [0, 0.05) is 12.6 Å². The number of fused-ring (bicyclic) bond motifs is 3. The number of hydrogen-bond acceptors (Lipinski definition) is 1. The van der Waals surface area contributed by atoms with Gasteiger partial charge in [-0.15, -0.1) is 0 Å². The summed E-state index contributed by atoms with van der Waals surface area (Å²) in [5.41, 5.74) is 3.19. The predicted octanol–water partition coefficient (Wildman–Crippen LogP) is 2.38. The first-order chi connectivity index (χ1) is 6.45. The quantitative estimate of drug-likeness (QED) is 0.582. The Morgan fingerprint density at radius 3 is 3.08 bits per heavy atom. The fourth-order valence-electron chi connectivity index (χ4n) is 2.80. The van der Waals surface area contributed by atoms with Gasteiger partial charge in [0.2, 0.25) is 0 Å². The SMILES string of the molecule is c1ccc2c(c1)CCN1CCC[C@H]21. The van der Waals surface area contributed by atoms with Crippen molar-refractivity contribution in [1.82, 2.24) is 4.90 Å². The van der Waals surface area contributed by atoms with Crippen LogP contribution in [-0.2, 0) is 6.42 Å². The highest BCUT2D eigenvalue weighted by Gasteiger charge is 2.30. The van der Waals surface area contributed by atoms with Crippen LogP contribution in [0.4, 0.5) is 0 Å². The summed E-state index contributed by atoms with van der Waals surface area (Å²) in [7, 11) is 0. The van der Waals surface area contributed by atoms with Crippen LogP contribution in [0.3, 0.4) is 0 Å². The highest BCUT2D eigenvalue weighted by Crippen LogP contribution is 2.36. The van der Waals surface area contributed by atoms with E-state index in [1.165, 1.54) is 32.4 Å². The molecule has 0 unspecified atom stereocenters. The molecular weight excluding hydrogens is 158 g/mol. The van der Waals surface area contributed by atoms with Crippen LogP contribution < -0.4 is 0 Å². The second-order valence-corrected chi connectivity index (χ2v) is 4.14. The normalized spacial score (nSPS) is 26.9. The smallest absolute Gasteiger partial charge is 0.0351 e. The van der Waals surface area contributed by atoms with Gasteiger partial charge in [0.15, 0.2) is 0 Å². The van der Waals surface area contributed by atoms with Gasteiger partial charge in [0.1, 0.15) is 0 Å². The third-order valence-electron chi connectivity index (χ3n) is 3.45. The van der Waals surface area contributed by atoms with E-state index < -0.39 is 0 Å². The molecule has 0 radical (unpaired) electrons. The number of hydrogen-bond donors (Lipinski definition) is 0. The first-order valence-electron chi connectivity index (χ1n) is 5.27. The van der Waals surface area contributed by atoms with Crippen molar-refractivity contribution in [3.63, 3.8) is 0 Å². The largest absolute Gasteiger partial charge is 0.296 e. The Balaban J connectivity index is 2.06. The molecular formula is C12H15N. The first-order valence-corrected chi connectivity index (χ1v) is 5.27. The van der Waals surface area contributed by atoms with Crippen molar-refractivity contribution in [1.29, 1.82) is 0 Å². The summed E-state index contributed by atoms with van der Waals surface area (Å²) in [6, 6.07) is 9.72. The fraction of sp³-hybridized carbons (Fsp3) is 0.500. The van der Waals surface area contributed by atoms with E-state index in [2.05, 4.69) is 29.2 Å². The Labute approximate surface area is 79.4 Å². The molecule has 1 heteroatoms. The lowest BCUT2D eigenvalue weighted by molar-refractivity contribution is 0.244. The second kappa shape index (κ2) is 2.85. The van der Waals surface area contributed by atoms with Gasteiger partial charge in [-0.3, -0.25) is 4.90 Å². The van der Waals surface area contributed by atoms with E-state index in [1.807, 2.05) is 0 Å². The highest BCUT2D eigenvalue weighted by atomic mass is 15.2. The zero-order chi connectivity index (χ0) is 8.67. The van der Waals surface area contributed by atoms with Gasteiger partial charge in [-0.25, -0.2) is 0 Å². The van der Waals surface area contributed by atoms with Crippen molar-refractivity contribution < 1.29 is 0 Å². The van der Waals surface area contributed by atoms with Crippen LogP contribution in [0.1, 0.15) is 30.0 Å². The van der Waals surface area contributed by atoms with Crippen molar-refractivity contribution in [3.8, 4) is 0 Å². The summed E-state index contributed by atoms with van der Waals surface area (Å²) in [6.07, 6.45) is 4.02. The standard InChI is InChI=1S/C12H15N/c1-2-5-11-10(4-1)7-9-13-8-3-6-12(11)13/h1-2,4-5,12H,3,6-9H2/t12-/m1/s1. The second-order valence-electron chi connectivity index (χ2n) is 4.14. The van der Waals surface area contributed by atoms with Gasteiger partial charge in [0.25, 0.3) is 0 Å². The zero-order valence-electron chi connectivity index (χ0n) is 7.87. The topological polar surface area (TPSA) is 3.24 Å². The van der Waals surface area contributed by atoms with E-state index in [4.69, 9.17) is 0 Å². The summed E-state index contributed by atoms with van der Waals surface area (Å²) in [6.45, 7) is 2.60. The summed E-state index contributed by atoms with van der Waals surface area (Å²) < 4.78 is 0. The third-order valence-corrected chi connectivity index (χ3v) is 3.45. The number of benzene rings is 1. The van der Waals surface area contributed by atoms with E-state index in [0.29, 0.717) is 0 Å². The van der Waals surface area contributed by atoms with Gasteiger partial charge in [-0.1, -0.05) is 24.3 Å².